The summed E-state index contributed by atoms with van der Waals surface area (Å²) >= 11 is 6.15. The maximum absolute atomic E-state index is 11.7. The molecule has 0 atom stereocenters. The van der Waals surface area contributed by atoms with Gasteiger partial charge in [-0.05, 0) is 29.8 Å². The van der Waals surface area contributed by atoms with Gasteiger partial charge in [-0.1, -0.05) is 17.7 Å². The fourth-order valence-electron chi connectivity index (χ4n) is 3.77. The number of sulfonamides is 1. The standard InChI is InChI=1S/C20H23ClN4O2S/c1-23-19(10-16-3-4-18(21)11-20(16)23)17-9-15(12-22-13-17)14-24-5-7-25(8-6-24)28(2,26)27/h3-4,9-13H,5-8,14H2,1-2H3. The molecule has 4 rings (SSSR count). The van der Waals surface area contributed by atoms with Crippen molar-refractivity contribution in [3.63, 3.8) is 0 Å². The molecule has 148 valence electrons. The molecule has 2 aromatic heterocycles. The van der Waals surface area contributed by atoms with E-state index < -0.39 is 10.0 Å². The van der Waals surface area contributed by atoms with E-state index in [1.54, 1.807) is 4.31 Å². The molecule has 28 heavy (non-hydrogen) atoms. The van der Waals surface area contributed by atoms with E-state index in [-0.39, 0.29) is 0 Å². The first-order valence-electron chi connectivity index (χ1n) is 9.18. The third kappa shape index (κ3) is 3.93. The van der Waals surface area contributed by atoms with Crippen molar-refractivity contribution in [2.45, 2.75) is 6.54 Å². The van der Waals surface area contributed by atoms with E-state index in [0.717, 1.165) is 52.4 Å². The zero-order chi connectivity index (χ0) is 19.9. The van der Waals surface area contributed by atoms with Crippen molar-refractivity contribution in [1.82, 2.24) is 18.8 Å². The molecule has 3 heterocycles. The summed E-state index contributed by atoms with van der Waals surface area (Å²) in [6, 6.07) is 10.2. The molecule has 0 N–H and O–H groups in total. The number of aromatic nitrogens is 2. The van der Waals surface area contributed by atoms with Gasteiger partial charge in [0.1, 0.15) is 0 Å². The zero-order valence-corrected chi connectivity index (χ0v) is 17.5. The van der Waals surface area contributed by atoms with Crippen molar-refractivity contribution in [1.29, 1.82) is 0 Å². The van der Waals surface area contributed by atoms with Gasteiger partial charge in [-0.15, -0.1) is 0 Å². The number of piperazine rings is 1. The molecule has 1 aliphatic rings. The molecule has 0 bridgehead atoms. The molecule has 1 saturated heterocycles. The molecule has 6 nitrogen and oxygen atoms in total. The van der Waals surface area contributed by atoms with Crippen LogP contribution in [0.15, 0.2) is 42.7 Å². The molecular weight excluding hydrogens is 396 g/mol. The fraction of sp³-hybridized carbons (Fsp3) is 0.350. The van der Waals surface area contributed by atoms with Gasteiger partial charge in [-0.3, -0.25) is 9.88 Å². The van der Waals surface area contributed by atoms with Crippen molar-refractivity contribution in [2.24, 2.45) is 7.05 Å². The summed E-state index contributed by atoms with van der Waals surface area (Å²) in [5.74, 6) is 0. The van der Waals surface area contributed by atoms with E-state index in [4.69, 9.17) is 11.6 Å². The Morgan fingerprint density at radius 1 is 1.07 bits per heavy atom. The van der Waals surface area contributed by atoms with Gasteiger partial charge in [0.25, 0.3) is 0 Å². The lowest BCUT2D eigenvalue weighted by Gasteiger charge is -2.33. The highest BCUT2D eigenvalue weighted by Gasteiger charge is 2.23. The molecule has 1 aliphatic heterocycles. The Labute approximate surface area is 170 Å². The van der Waals surface area contributed by atoms with Gasteiger partial charge in [-0.25, -0.2) is 8.42 Å². The molecule has 0 saturated carbocycles. The number of hydrogen-bond acceptors (Lipinski definition) is 4. The number of rotatable bonds is 4. The largest absolute Gasteiger partial charge is 0.344 e. The summed E-state index contributed by atoms with van der Waals surface area (Å²) in [5, 5.41) is 1.87. The number of aryl methyl sites for hydroxylation is 1. The second kappa shape index (κ2) is 7.48. The van der Waals surface area contributed by atoms with Gasteiger partial charge in [0.05, 0.1) is 11.9 Å². The minimum atomic E-state index is -3.10. The van der Waals surface area contributed by atoms with Crippen LogP contribution < -0.4 is 0 Å². The van der Waals surface area contributed by atoms with Gasteiger partial charge in [0.15, 0.2) is 0 Å². The molecule has 0 spiro atoms. The monoisotopic (exact) mass is 418 g/mol. The van der Waals surface area contributed by atoms with Crippen LogP contribution in [0.2, 0.25) is 5.02 Å². The summed E-state index contributed by atoms with van der Waals surface area (Å²) in [6.45, 7) is 3.29. The summed E-state index contributed by atoms with van der Waals surface area (Å²) in [5.41, 5.74) is 4.36. The van der Waals surface area contributed by atoms with E-state index in [1.807, 2.05) is 37.6 Å². The van der Waals surface area contributed by atoms with Crippen molar-refractivity contribution in [3.8, 4) is 11.3 Å². The first kappa shape index (κ1) is 19.4. The predicted octanol–water partition coefficient (Wildman–Crippen LogP) is 2.97. The van der Waals surface area contributed by atoms with Gasteiger partial charge in [0.2, 0.25) is 10.0 Å². The van der Waals surface area contributed by atoms with Crippen LogP contribution in [0.4, 0.5) is 0 Å². The van der Waals surface area contributed by atoms with Gasteiger partial charge < -0.3 is 4.57 Å². The normalized spacial score (nSPS) is 16.7. The lowest BCUT2D eigenvalue weighted by molar-refractivity contribution is 0.182. The number of hydrogen-bond donors (Lipinski definition) is 0. The number of nitrogens with zero attached hydrogens (tertiary/aromatic N) is 4. The summed E-state index contributed by atoms with van der Waals surface area (Å²) < 4.78 is 27.0. The van der Waals surface area contributed by atoms with Crippen LogP contribution in [0.1, 0.15) is 5.56 Å². The summed E-state index contributed by atoms with van der Waals surface area (Å²) in [7, 11) is -1.07. The van der Waals surface area contributed by atoms with Crippen molar-refractivity contribution >= 4 is 32.5 Å². The Morgan fingerprint density at radius 2 is 1.82 bits per heavy atom. The van der Waals surface area contributed by atoms with Crippen LogP contribution in [-0.2, 0) is 23.6 Å². The number of halogens is 1. The highest BCUT2D eigenvalue weighted by molar-refractivity contribution is 7.88. The second-order valence-electron chi connectivity index (χ2n) is 7.31. The third-order valence-electron chi connectivity index (χ3n) is 5.30. The minimum absolute atomic E-state index is 0.538. The maximum Gasteiger partial charge on any atom is 0.211 e. The third-order valence-corrected chi connectivity index (χ3v) is 6.84. The van der Waals surface area contributed by atoms with Gasteiger partial charge >= 0.3 is 0 Å². The Morgan fingerprint density at radius 3 is 2.54 bits per heavy atom. The van der Waals surface area contributed by atoms with Crippen LogP contribution in [0.5, 0.6) is 0 Å². The van der Waals surface area contributed by atoms with Crippen molar-refractivity contribution < 1.29 is 8.42 Å². The molecule has 0 radical (unpaired) electrons. The topological polar surface area (TPSA) is 58.4 Å². The van der Waals surface area contributed by atoms with E-state index in [9.17, 15) is 8.42 Å². The quantitative estimate of drug-likeness (QED) is 0.653. The average Bonchev–Trinajstić information content (AvgIpc) is 2.98. The molecule has 1 aromatic carbocycles. The van der Waals surface area contributed by atoms with Crippen LogP contribution >= 0.6 is 11.6 Å². The van der Waals surface area contributed by atoms with Gasteiger partial charge in [-0.2, -0.15) is 4.31 Å². The molecule has 0 aliphatic carbocycles. The minimum Gasteiger partial charge on any atom is -0.344 e. The molecule has 8 heteroatoms. The predicted molar refractivity (Wildman–Crippen MR) is 113 cm³/mol. The number of fused-ring (bicyclic) bond motifs is 1. The first-order chi connectivity index (χ1) is 13.3. The van der Waals surface area contributed by atoms with Gasteiger partial charge in [0, 0.05) is 73.7 Å². The van der Waals surface area contributed by atoms with E-state index in [0.29, 0.717) is 13.1 Å². The molecule has 3 aromatic rings. The molecule has 0 unspecified atom stereocenters. The lowest BCUT2D eigenvalue weighted by Crippen LogP contribution is -2.47. The maximum atomic E-state index is 11.7. The highest BCUT2D eigenvalue weighted by atomic mass is 35.5. The average molecular weight is 419 g/mol. The molecular formula is C20H23ClN4O2S. The molecule has 0 amide bonds. The Bertz CT molecular complexity index is 1120. The summed E-state index contributed by atoms with van der Waals surface area (Å²) in [4.78, 5) is 6.70. The fourth-order valence-corrected chi connectivity index (χ4v) is 4.76. The summed E-state index contributed by atoms with van der Waals surface area (Å²) in [6.07, 6.45) is 5.03. The Balaban J connectivity index is 1.54. The van der Waals surface area contributed by atoms with E-state index in [1.165, 1.54) is 6.26 Å². The number of pyridine rings is 1. The van der Waals surface area contributed by atoms with Crippen LogP contribution in [0, 0.1) is 0 Å². The zero-order valence-electron chi connectivity index (χ0n) is 16.0. The smallest absolute Gasteiger partial charge is 0.211 e. The highest BCUT2D eigenvalue weighted by Crippen LogP contribution is 2.29. The van der Waals surface area contributed by atoms with Crippen molar-refractivity contribution in [2.75, 3.05) is 32.4 Å². The van der Waals surface area contributed by atoms with E-state index >= 15 is 0 Å². The van der Waals surface area contributed by atoms with Crippen molar-refractivity contribution in [3.05, 3.63) is 53.3 Å². The van der Waals surface area contributed by atoms with E-state index in [2.05, 4.69) is 26.6 Å². The number of benzene rings is 1. The SMILES string of the molecule is Cn1c(-c2cncc(CN3CCN(S(C)(=O)=O)CC3)c2)cc2ccc(Cl)cc21. The second-order valence-corrected chi connectivity index (χ2v) is 9.73. The lowest BCUT2D eigenvalue weighted by atomic mass is 10.1. The Kier molecular flexibility index (Phi) is 5.18. The first-order valence-corrected chi connectivity index (χ1v) is 11.4. The van der Waals surface area contributed by atoms with Crippen LogP contribution in [0.25, 0.3) is 22.2 Å². The van der Waals surface area contributed by atoms with Crippen LogP contribution in [-0.4, -0.2) is 59.6 Å². The Hall–Kier alpha value is -1.93. The molecule has 1 fully saturated rings. The van der Waals surface area contributed by atoms with Crippen LogP contribution in [0.3, 0.4) is 0 Å².